The Hall–Kier alpha value is -2.38. The molecule has 0 aromatic heterocycles. The van der Waals surface area contributed by atoms with Crippen molar-refractivity contribution in [3.63, 3.8) is 0 Å². The van der Waals surface area contributed by atoms with Gasteiger partial charge in [-0.25, -0.2) is 8.42 Å². The van der Waals surface area contributed by atoms with Crippen molar-refractivity contribution in [3.8, 4) is 5.75 Å². The number of aryl methyl sites for hydroxylation is 3. The maximum atomic E-state index is 13.0. The van der Waals surface area contributed by atoms with Crippen LogP contribution in [0.25, 0.3) is 0 Å². The zero-order valence-electron chi connectivity index (χ0n) is 18.7. The molecular formula is C24H32N2O4S. The summed E-state index contributed by atoms with van der Waals surface area (Å²) in [6.45, 7) is 8.89. The number of carbonyl (C=O) groups is 1. The van der Waals surface area contributed by atoms with Gasteiger partial charge in [0, 0.05) is 13.1 Å². The van der Waals surface area contributed by atoms with Crippen molar-refractivity contribution < 1.29 is 17.9 Å². The molecule has 6 nitrogen and oxygen atoms in total. The zero-order valence-corrected chi connectivity index (χ0v) is 19.5. The first-order chi connectivity index (χ1) is 14.7. The first-order valence-electron chi connectivity index (χ1n) is 10.7. The van der Waals surface area contributed by atoms with Crippen molar-refractivity contribution in [2.75, 3.05) is 19.7 Å². The number of hydrogen-bond donors (Lipinski definition) is 1. The highest BCUT2D eigenvalue weighted by Crippen LogP contribution is 2.24. The molecule has 3 rings (SSSR count). The number of hydrogen-bond acceptors (Lipinski definition) is 4. The third-order valence-electron chi connectivity index (χ3n) is 5.78. The van der Waals surface area contributed by atoms with Crippen LogP contribution in [-0.4, -0.2) is 44.4 Å². The van der Waals surface area contributed by atoms with E-state index in [1.165, 1.54) is 9.87 Å². The fraction of sp³-hybridized carbons (Fsp3) is 0.458. The fourth-order valence-electron chi connectivity index (χ4n) is 3.66. The van der Waals surface area contributed by atoms with E-state index in [0.29, 0.717) is 26.0 Å². The van der Waals surface area contributed by atoms with Crippen molar-refractivity contribution in [1.82, 2.24) is 9.62 Å². The van der Waals surface area contributed by atoms with Gasteiger partial charge in [0.1, 0.15) is 12.4 Å². The van der Waals surface area contributed by atoms with E-state index < -0.39 is 10.0 Å². The van der Waals surface area contributed by atoms with E-state index in [0.717, 1.165) is 16.9 Å². The highest BCUT2D eigenvalue weighted by Gasteiger charge is 2.33. The molecule has 1 amide bonds. The molecule has 1 aliphatic heterocycles. The van der Waals surface area contributed by atoms with E-state index in [1.807, 2.05) is 39.0 Å². The summed E-state index contributed by atoms with van der Waals surface area (Å²) in [7, 11) is -3.60. The van der Waals surface area contributed by atoms with Crippen LogP contribution in [0.1, 0.15) is 36.5 Å². The Morgan fingerprint density at radius 1 is 1.13 bits per heavy atom. The van der Waals surface area contributed by atoms with Gasteiger partial charge in [0.05, 0.1) is 16.9 Å². The lowest BCUT2D eigenvalue weighted by atomic mass is 9.98. The van der Waals surface area contributed by atoms with Gasteiger partial charge < -0.3 is 10.1 Å². The van der Waals surface area contributed by atoms with Gasteiger partial charge in [-0.05, 0) is 75.9 Å². The Bertz CT molecular complexity index is 1020. The molecule has 0 spiro atoms. The van der Waals surface area contributed by atoms with E-state index in [2.05, 4.69) is 12.2 Å². The lowest BCUT2D eigenvalue weighted by Crippen LogP contribution is -2.48. The number of rotatable bonds is 7. The number of ether oxygens (including phenoxy) is 1. The summed E-state index contributed by atoms with van der Waals surface area (Å²) in [5.74, 6) is 0.287. The van der Waals surface area contributed by atoms with Gasteiger partial charge in [0.25, 0.3) is 0 Å². The van der Waals surface area contributed by atoms with E-state index in [-0.39, 0.29) is 29.3 Å². The zero-order chi connectivity index (χ0) is 22.6. The summed E-state index contributed by atoms with van der Waals surface area (Å²) in [6, 6.07) is 12.6. The Kier molecular flexibility index (Phi) is 7.38. The molecule has 2 atom stereocenters. The minimum atomic E-state index is -3.60. The normalized spacial score (nSPS) is 18.4. The van der Waals surface area contributed by atoms with Crippen LogP contribution in [-0.2, 0) is 14.8 Å². The van der Waals surface area contributed by atoms with Gasteiger partial charge in [-0.3, -0.25) is 4.79 Å². The molecule has 1 fully saturated rings. The summed E-state index contributed by atoms with van der Waals surface area (Å²) in [5, 5.41) is 2.98. The minimum absolute atomic E-state index is 0.125. The van der Waals surface area contributed by atoms with Crippen molar-refractivity contribution >= 4 is 15.9 Å². The van der Waals surface area contributed by atoms with Gasteiger partial charge >= 0.3 is 0 Å². The third-order valence-corrected chi connectivity index (χ3v) is 7.66. The average molecular weight is 445 g/mol. The molecule has 2 aromatic carbocycles. The molecule has 1 N–H and O–H groups in total. The second-order valence-electron chi connectivity index (χ2n) is 8.48. The molecule has 0 bridgehead atoms. The van der Waals surface area contributed by atoms with Crippen LogP contribution in [0.5, 0.6) is 5.75 Å². The second kappa shape index (κ2) is 9.83. The van der Waals surface area contributed by atoms with Crippen molar-refractivity contribution in [3.05, 3.63) is 59.2 Å². The Morgan fingerprint density at radius 3 is 2.52 bits per heavy atom. The van der Waals surface area contributed by atoms with Crippen LogP contribution in [0.15, 0.2) is 47.4 Å². The first kappa shape index (κ1) is 23.3. The Balaban J connectivity index is 1.56. The maximum Gasteiger partial charge on any atom is 0.243 e. The van der Waals surface area contributed by atoms with Crippen LogP contribution < -0.4 is 10.1 Å². The van der Waals surface area contributed by atoms with E-state index in [9.17, 15) is 13.2 Å². The molecule has 168 valence electrons. The summed E-state index contributed by atoms with van der Waals surface area (Å²) < 4.78 is 33.2. The smallest absolute Gasteiger partial charge is 0.243 e. The monoisotopic (exact) mass is 444 g/mol. The van der Waals surface area contributed by atoms with Gasteiger partial charge in [0.15, 0.2) is 0 Å². The van der Waals surface area contributed by atoms with Gasteiger partial charge in [-0.2, -0.15) is 4.31 Å². The van der Waals surface area contributed by atoms with Crippen LogP contribution in [0.4, 0.5) is 0 Å². The molecule has 1 heterocycles. The second-order valence-corrected chi connectivity index (χ2v) is 10.4. The summed E-state index contributed by atoms with van der Waals surface area (Å²) in [4.78, 5) is 13.1. The fourth-order valence-corrected chi connectivity index (χ4v) is 5.19. The van der Waals surface area contributed by atoms with E-state index in [1.54, 1.807) is 24.3 Å². The number of nitrogens with one attached hydrogen (secondary N) is 1. The molecule has 0 unspecified atom stereocenters. The summed E-state index contributed by atoms with van der Waals surface area (Å²) in [5.41, 5.74) is 3.37. The highest BCUT2D eigenvalue weighted by atomic mass is 32.2. The average Bonchev–Trinajstić information content (AvgIpc) is 2.75. The van der Waals surface area contributed by atoms with Crippen molar-refractivity contribution in [2.45, 2.75) is 51.5 Å². The SMILES string of the molecule is Cc1ccc(S(=O)(=O)N2CCC[C@H](C(=O)N[C@@H](C)COc3ccc(C)c(C)c3)C2)cc1. The number of sulfonamides is 1. The molecule has 1 saturated heterocycles. The van der Waals surface area contributed by atoms with Gasteiger partial charge in [-0.15, -0.1) is 0 Å². The molecular weight excluding hydrogens is 412 g/mol. The lowest BCUT2D eigenvalue weighted by molar-refractivity contribution is -0.126. The van der Waals surface area contributed by atoms with Crippen LogP contribution in [0.2, 0.25) is 0 Å². The lowest BCUT2D eigenvalue weighted by Gasteiger charge is -2.31. The standard InChI is InChI=1S/C24H32N2O4S/c1-17-7-11-23(12-8-17)31(28,29)26-13-5-6-21(15-26)24(27)25-20(4)16-30-22-10-9-18(2)19(3)14-22/h7-12,14,20-21H,5-6,13,15-16H2,1-4H3,(H,25,27)/t20-,21-/m0/s1. The number of carbonyl (C=O) groups excluding carboxylic acids is 1. The van der Waals surface area contributed by atoms with Crippen LogP contribution in [0, 0.1) is 26.7 Å². The predicted molar refractivity (Wildman–Crippen MR) is 122 cm³/mol. The first-order valence-corrected chi connectivity index (χ1v) is 12.2. The minimum Gasteiger partial charge on any atom is -0.491 e. The van der Waals surface area contributed by atoms with Crippen molar-refractivity contribution in [1.29, 1.82) is 0 Å². The van der Waals surface area contributed by atoms with Gasteiger partial charge in [0.2, 0.25) is 15.9 Å². The molecule has 1 aliphatic rings. The van der Waals surface area contributed by atoms with E-state index >= 15 is 0 Å². The molecule has 2 aromatic rings. The quantitative estimate of drug-likeness (QED) is 0.708. The Morgan fingerprint density at radius 2 is 1.84 bits per heavy atom. The summed E-state index contributed by atoms with van der Waals surface area (Å²) >= 11 is 0. The largest absolute Gasteiger partial charge is 0.491 e. The molecule has 7 heteroatoms. The number of piperidine rings is 1. The third kappa shape index (κ3) is 5.86. The van der Waals surface area contributed by atoms with Crippen LogP contribution in [0.3, 0.4) is 0 Å². The summed E-state index contributed by atoms with van der Waals surface area (Å²) in [6.07, 6.45) is 1.34. The maximum absolute atomic E-state index is 13.0. The number of amides is 1. The topological polar surface area (TPSA) is 75.7 Å². The molecule has 0 saturated carbocycles. The molecule has 31 heavy (non-hydrogen) atoms. The number of benzene rings is 2. The molecule has 0 radical (unpaired) electrons. The predicted octanol–water partition coefficient (Wildman–Crippen LogP) is 3.60. The van der Waals surface area contributed by atoms with Crippen LogP contribution >= 0.6 is 0 Å². The highest BCUT2D eigenvalue weighted by molar-refractivity contribution is 7.89. The Labute approximate surface area is 185 Å². The van der Waals surface area contributed by atoms with Gasteiger partial charge in [-0.1, -0.05) is 23.8 Å². The van der Waals surface area contributed by atoms with E-state index in [4.69, 9.17) is 4.74 Å². The van der Waals surface area contributed by atoms with Crippen molar-refractivity contribution in [2.24, 2.45) is 5.92 Å². The molecule has 0 aliphatic carbocycles. The number of nitrogens with zero attached hydrogens (tertiary/aromatic N) is 1.